The van der Waals surface area contributed by atoms with Crippen molar-refractivity contribution in [2.75, 3.05) is 20.2 Å². The first kappa shape index (κ1) is 18.8. The normalized spacial score (nSPS) is 10.2. The van der Waals surface area contributed by atoms with E-state index in [0.717, 1.165) is 16.9 Å². The summed E-state index contributed by atoms with van der Waals surface area (Å²) in [5.74, 6) is 0.333. The maximum absolute atomic E-state index is 11.9. The van der Waals surface area contributed by atoms with E-state index < -0.39 is 0 Å². The fourth-order valence-electron chi connectivity index (χ4n) is 2.23. The van der Waals surface area contributed by atoms with Crippen LogP contribution in [0.25, 0.3) is 0 Å². The lowest BCUT2D eigenvalue weighted by Gasteiger charge is -2.08. The van der Waals surface area contributed by atoms with E-state index in [-0.39, 0.29) is 24.8 Å². The zero-order valence-electron chi connectivity index (χ0n) is 14.0. The van der Waals surface area contributed by atoms with E-state index in [1.54, 1.807) is 19.2 Å². The van der Waals surface area contributed by atoms with Crippen LogP contribution in [0.2, 0.25) is 5.02 Å². The molecule has 0 aromatic heterocycles. The Kier molecular flexibility index (Phi) is 7.29. The van der Waals surface area contributed by atoms with Gasteiger partial charge in [0.15, 0.2) is 0 Å². The van der Waals surface area contributed by atoms with E-state index in [1.807, 2.05) is 36.4 Å². The molecule has 2 rings (SSSR count). The Morgan fingerprint density at radius 3 is 2.20 bits per heavy atom. The minimum Gasteiger partial charge on any atom is -0.497 e. The fraction of sp³-hybridized carbons (Fsp3) is 0.263. The summed E-state index contributed by atoms with van der Waals surface area (Å²) >= 11 is 5.82. The third-order valence-corrected chi connectivity index (χ3v) is 3.87. The third kappa shape index (κ3) is 6.85. The topological polar surface area (TPSA) is 67.4 Å². The van der Waals surface area contributed by atoms with Crippen LogP contribution in [0.15, 0.2) is 48.5 Å². The first-order valence-electron chi connectivity index (χ1n) is 7.97. The Labute approximate surface area is 152 Å². The largest absolute Gasteiger partial charge is 0.497 e. The first-order valence-corrected chi connectivity index (χ1v) is 8.35. The van der Waals surface area contributed by atoms with E-state index in [2.05, 4.69) is 10.6 Å². The number of carbonyl (C=O) groups is 2. The van der Waals surface area contributed by atoms with Gasteiger partial charge in [-0.2, -0.15) is 0 Å². The second-order valence-corrected chi connectivity index (χ2v) is 5.96. The molecule has 2 aromatic carbocycles. The van der Waals surface area contributed by atoms with Crippen molar-refractivity contribution >= 4 is 23.4 Å². The van der Waals surface area contributed by atoms with Crippen molar-refractivity contribution in [1.29, 1.82) is 0 Å². The quantitative estimate of drug-likeness (QED) is 0.759. The van der Waals surface area contributed by atoms with Gasteiger partial charge in [0.1, 0.15) is 5.75 Å². The van der Waals surface area contributed by atoms with Gasteiger partial charge in [-0.15, -0.1) is 0 Å². The van der Waals surface area contributed by atoms with Crippen LogP contribution >= 0.6 is 11.6 Å². The second kappa shape index (κ2) is 9.69. The van der Waals surface area contributed by atoms with Crippen molar-refractivity contribution < 1.29 is 14.3 Å². The van der Waals surface area contributed by atoms with Crippen LogP contribution in [0.3, 0.4) is 0 Å². The molecule has 0 spiro atoms. The van der Waals surface area contributed by atoms with Crippen LogP contribution in [0.4, 0.5) is 0 Å². The van der Waals surface area contributed by atoms with Crippen LogP contribution in [0, 0.1) is 0 Å². The maximum atomic E-state index is 11.9. The molecule has 0 aliphatic heterocycles. The third-order valence-electron chi connectivity index (χ3n) is 3.62. The van der Waals surface area contributed by atoms with E-state index in [9.17, 15) is 9.59 Å². The lowest BCUT2D eigenvalue weighted by Crippen LogP contribution is -2.38. The average molecular weight is 361 g/mol. The molecule has 2 N–H and O–H groups in total. The molecule has 6 heteroatoms. The molecule has 25 heavy (non-hydrogen) atoms. The summed E-state index contributed by atoms with van der Waals surface area (Å²) in [4.78, 5) is 23.6. The van der Waals surface area contributed by atoms with Crippen molar-refractivity contribution in [3.8, 4) is 5.75 Å². The standard InChI is InChI=1S/C19H21ClN2O3/c1-25-17-8-4-15(5-9-17)12-18(23)22-13-19(24)21-11-10-14-2-6-16(20)7-3-14/h2-9H,10-13H2,1H3,(H,21,24)(H,22,23). The summed E-state index contributed by atoms with van der Waals surface area (Å²) in [6.45, 7) is 0.477. The second-order valence-electron chi connectivity index (χ2n) is 5.53. The van der Waals surface area contributed by atoms with Crippen LogP contribution in [-0.4, -0.2) is 32.0 Å². The highest BCUT2D eigenvalue weighted by molar-refractivity contribution is 6.30. The molecule has 0 atom stereocenters. The van der Waals surface area contributed by atoms with Gasteiger partial charge in [0, 0.05) is 11.6 Å². The Hall–Kier alpha value is -2.53. The zero-order chi connectivity index (χ0) is 18.1. The van der Waals surface area contributed by atoms with Gasteiger partial charge in [-0.05, 0) is 41.8 Å². The van der Waals surface area contributed by atoms with Crippen molar-refractivity contribution in [1.82, 2.24) is 10.6 Å². The molecule has 0 bridgehead atoms. The molecule has 0 unspecified atom stereocenters. The Balaban J connectivity index is 1.64. The van der Waals surface area contributed by atoms with Crippen LogP contribution in [0.5, 0.6) is 5.75 Å². The number of halogens is 1. The average Bonchev–Trinajstić information content (AvgIpc) is 2.62. The summed E-state index contributed by atoms with van der Waals surface area (Å²) in [6.07, 6.45) is 0.935. The Bertz CT molecular complexity index is 700. The monoisotopic (exact) mass is 360 g/mol. The maximum Gasteiger partial charge on any atom is 0.239 e. The SMILES string of the molecule is COc1ccc(CC(=O)NCC(=O)NCCc2ccc(Cl)cc2)cc1. The smallest absolute Gasteiger partial charge is 0.239 e. The molecule has 0 radical (unpaired) electrons. The number of benzene rings is 2. The van der Waals surface area contributed by atoms with Crippen LogP contribution in [-0.2, 0) is 22.4 Å². The van der Waals surface area contributed by atoms with Crippen LogP contribution < -0.4 is 15.4 Å². The molecule has 132 valence electrons. The number of methoxy groups -OCH3 is 1. The van der Waals surface area contributed by atoms with E-state index >= 15 is 0 Å². The Morgan fingerprint density at radius 2 is 1.56 bits per heavy atom. The van der Waals surface area contributed by atoms with Gasteiger partial charge in [-0.25, -0.2) is 0 Å². The predicted octanol–water partition coefficient (Wildman–Crippen LogP) is 2.37. The van der Waals surface area contributed by atoms with Crippen molar-refractivity contribution in [3.05, 3.63) is 64.7 Å². The van der Waals surface area contributed by atoms with Crippen molar-refractivity contribution in [2.45, 2.75) is 12.8 Å². The van der Waals surface area contributed by atoms with Gasteiger partial charge >= 0.3 is 0 Å². The molecular formula is C19H21ClN2O3. The van der Waals surface area contributed by atoms with E-state index in [4.69, 9.17) is 16.3 Å². The van der Waals surface area contributed by atoms with Crippen LogP contribution in [0.1, 0.15) is 11.1 Å². The van der Waals surface area contributed by atoms with Gasteiger partial charge in [0.05, 0.1) is 20.1 Å². The lowest BCUT2D eigenvalue weighted by molar-refractivity contribution is -0.125. The number of hydrogen-bond acceptors (Lipinski definition) is 3. The highest BCUT2D eigenvalue weighted by Crippen LogP contribution is 2.11. The number of nitrogens with one attached hydrogen (secondary N) is 2. The number of hydrogen-bond donors (Lipinski definition) is 2. The molecule has 5 nitrogen and oxygen atoms in total. The Morgan fingerprint density at radius 1 is 0.920 bits per heavy atom. The molecule has 0 heterocycles. The fourth-order valence-corrected chi connectivity index (χ4v) is 2.36. The summed E-state index contributed by atoms with van der Waals surface area (Å²) < 4.78 is 5.07. The van der Waals surface area contributed by atoms with Crippen molar-refractivity contribution in [2.24, 2.45) is 0 Å². The van der Waals surface area contributed by atoms with Gasteiger partial charge in [0.2, 0.25) is 11.8 Å². The predicted molar refractivity (Wildman–Crippen MR) is 97.9 cm³/mol. The van der Waals surface area contributed by atoms with Gasteiger partial charge in [-0.3, -0.25) is 9.59 Å². The summed E-state index contributed by atoms with van der Waals surface area (Å²) in [7, 11) is 1.59. The van der Waals surface area contributed by atoms with Gasteiger partial charge < -0.3 is 15.4 Å². The van der Waals surface area contributed by atoms with E-state index in [0.29, 0.717) is 18.0 Å². The molecule has 0 fully saturated rings. The molecular weight excluding hydrogens is 340 g/mol. The lowest BCUT2D eigenvalue weighted by atomic mass is 10.1. The summed E-state index contributed by atoms with van der Waals surface area (Å²) in [5.41, 5.74) is 1.95. The minimum absolute atomic E-state index is 0.0321. The molecule has 0 saturated carbocycles. The minimum atomic E-state index is -0.211. The number of rotatable bonds is 8. The van der Waals surface area contributed by atoms with E-state index in [1.165, 1.54) is 0 Å². The highest BCUT2D eigenvalue weighted by atomic mass is 35.5. The summed E-state index contributed by atoms with van der Waals surface area (Å²) in [6, 6.07) is 14.7. The van der Waals surface area contributed by atoms with Gasteiger partial charge in [-0.1, -0.05) is 35.9 Å². The molecule has 0 aliphatic carbocycles. The number of amides is 2. The number of carbonyl (C=O) groups excluding carboxylic acids is 2. The number of ether oxygens (including phenoxy) is 1. The van der Waals surface area contributed by atoms with Gasteiger partial charge in [0.25, 0.3) is 0 Å². The highest BCUT2D eigenvalue weighted by Gasteiger charge is 2.06. The molecule has 0 aliphatic rings. The first-order chi connectivity index (χ1) is 12.1. The molecule has 2 amide bonds. The zero-order valence-corrected chi connectivity index (χ0v) is 14.8. The van der Waals surface area contributed by atoms with Crippen molar-refractivity contribution in [3.63, 3.8) is 0 Å². The molecule has 0 saturated heterocycles. The summed E-state index contributed by atoms with van der Waals surface area (Å²) in [5, 5.41) is 6.08. The molecule has 2 aromatic rings.